The van der Waals surface area contributed by atoms with Crippen molar-refractivity contribution in [1.29, 1.82) is 0 Å². The van der Waals surface area contributed by atoms with E-state index in [-0.39, 0.29) is 22.1 Å². The molecule has 108 valence electrons. The first-order chi connectivity index (χ1) is 9.59. The van der Waals surface area contributed by atoms with E-state index >= 15 is 0 Å². The zero-order valence-corrected chi connectivity index (χ0v) is 12.8. The van der Waals surface area contributed by atoms with Crippen molar-refractivity contribution in [2.45, 2.75) is 55.8 Å². The lowest BCUT2D eigenvalue weighted by molar-refractivity contribution is -0.121. The van der Waals surface area contributed by atoms with Gasteiger partial charge in [0.2, 0.25) is 5.91 Å². The van der Waals surface area contributed by atoms with Gasteiger partial charge in [-0.1, -0.05) is 17.7 Å². The lowest BCUT2D eigenvalue weighted by atomic mass is 9.91. The second kappa shape index (κ2) is 5.32. The van der Waals surface area contributed by atoms with Crippen LogP contribution in [0.2, 0.25) is 0 Å². The van der Waals surface area contributed by atoms with Crippen LogP contribution in [0.1, 0.15) is 38.2 Å². The van der Waals surface area contributed by atoms with Gasteiger partial charge < -0.3 is 10.1 Å². The van der Waals surface area contributed by atoms with E-state index in [0.29, 0.717) is 0 Å². The molecule has 1 aromatic rings. The smallest absolute Gasteiger partial charge is 0.234 e. The van der Waals surface area contributed by atoms with E-state index in [0.717, 1.165) is 25.0 Å². The molecule has 4 heteroatoms. The molecule has 0 aromatic heterocycles. The van der Waals surface area contributed by atoms with E-state index < -0.39 is 0 Å². The van der Waals surface area contributed by atoms with Crippen LogP contribution in [0.15, 0.2) is 24.3 Å². The molecule has 1 aromatic carbocycles. The van der Waals surface area contributed by atoms with Crippen molar-refractivity contribution in [2.24, 2.45) is 0 Å². The van der Waals surface area contributed by atoms with E-state index in [4.69, 9.17) is 4.74 Å². The predicted molar refractivity (Wildman–Crippen MR) is 82.0 cm³/mol. The third-order valence-corrected chi connectivity index (χ3v) is 5.73. The number of carbonyl (C=O) groups excluding carboxylic acids is 1. The van der Waals surface area contributed by atoms with Gasteiger partial charge in [-0.2, -0.15) is 0 Å². The molecule has 3 nitrogen and oxygen atoms in total. The summed E-state index contributed by atoms with van der Waals surface area (Å²) in [6.45, 7) is 4.05. The Morgan fingerprint density at radius 3 is 2.70 bits per heavy atom. The number of carbonyl (C=O) groups is 1. The molecule has 0 bridgehead atoms. The highest BCUT2D eigenvalue weighted by Gasteiger charge is 2.50. The van der Waals surface area contributed by atoms with E-state index in [2.05, 4.69) is 24.4 Å². The van der Waals surface area contributed by atoms with Gasteiger partial charge in [0, 0.05) is 0 Å². The van der Waals surface area contributed by atoms with Crippen LogP contribution in [0.4, 0.5) is 0 Å². The first-order valence-corrected chi connectivity index (χ1v) is 8.20. The maximum absolute atomic E-state index is 11.9. The number of benzene rings is 1. The summed E-state index contributed by atoms with van der Waals surface area (Å²) in [5, 5.41) is 3.22. The molecule has 20 heavy (non-hydrogen) atoms. The van der Waals surface area contributed by atoms with Gasteiger partial charge in [-0.25, -0.2) is 0 Å². The molecular weight excluding hydrogens is 270 g/mol. The summed E-state index contributed by atoms with van der Waals surface area (Å²) in [5.41, 5.74) is 1.23. The highest BCUT2D eigenvalue weighted by molar-refractivity contribution is 8.02. The summed E-state index contributed by atoms with van der Waals surface area (Å²) < 4.78 is 6.21. The summed E-state index contributed by atoms with van der Waals surface area (Å²) in [4.78, 5) is 11.7. The quantitative estimate of drug-likeness (QED) is 0.909. The van der Waals surface area contributed by atoms with Crippen molar-refractivity contribution in [1.82, 2.24) is 5.32 Å². The monoisotopic (exact) mass is 291 g/mol. The molecule has 3 atom stereocenters. The van der Waals surface area contributed by atoms with Crippen LogP contribution in [0.25, 0.3) is 0 Å². The molecule has 3 rings (SSSR count). The zero-order chi connectivity index (χ0) is 14.2. The molecule has 1 spiro atoms. The maximum Gasteiger partial charge on any atom is 0.234 e. The third kappa shape index (κ3) is 2.53. The second-order valence-corrected chi connectivity index (χ2v) is 7.48. The molecule has 1 saturated heterocycles. The van der Waals surface area contributed by atoms with Crippen LogP contribution in [0.3, 0.4) is 0 Å². The average Bonchev–Trinajstić information content (AvgIpc) is 2.71. The highest BCUT2D eigenvalue weighted by atomic mass is 32.2. The lowest BCUT2D eigenvalue weighted by Crippen LogP contribution is -2.53. The SMILES string of the molecule is Cc1ccc(OC2CCCCC23NC(=O)C(C)S3)cc1. The fourth-order valence-corrected chi connectivity index (χ4v) is 4.57. The normalized spacial score (nSPS) is 33.2. The van der Waals surface area contributed by atoms with Crippen molar-refractivity contribution in [2.75, 3.05) is 0 Å². The van der Waals surface area contributed by atoms with E-state index in [1.807, 2.05) is 19.1 Å². The van der Waals surface area contributed by atoms with Crippen molar-refractivity contribution in [3.05, 3.63) is 29.8 Å². The number of aryl methyl sites for hydroxylation is 1. The minimum absolute atomic E-state index is 0.0252. The number of thioether (sulfide) groups is 1. The molecule has 3 unspecified atom stereocenters. The molecule has 2 fully saturated rings. The molecule has 2 aliphatic rings. The Morgan fingerprint density at radius 2 is 2.05 bits per heavy atom. The number of amides is 1. The largest absolute Gasteiger partial charge is 0.487 e. The Bertz CT molecular complexity index is 502. The molecule has 0 radical (unpaired) electrons. The zero-order valence-electron chi connectivity index (χ0n) is 12.0. The number of hydrogen-bond donors (Lipinski definition) is 1. The van der Waals surface area contributed by atoms with Crippen LogP contribution in [0, 0.1) is 6.92 Å². The third-order valence-electron chi connectivity index (χ3n) is 4.18. The Hall–Kier alpha value is -1.16. The minimum atomic E-state index is -0.223. The van der Waals surface area contributed by atoms with Crippen molar-refractivity contribution in [3.63, 3.8) is 0 Å². The fraction of sp³-hybridized carbons (Fsp3) is 0.562. The van der Waals surface area contributed by atoms with Crippen LogP contribution in [0.5, 0.6) is 5.75 Å². The minimum Gasteiger partial charge on any atom is -0.487 e. The molecule has 1 aliphatic carbocycles. The molecule has 1 saturated carbocycles. The van der Waals surface area contributed by atoms with Crippen molar-refractivity contribution in [3.8, 4) is 5.75 Å². The molecule has 1 heterocycles. The predicted octanol–water partition coefficient (Wildman–Crippen LogP) is 3.26. The van der Waals surface area contributed by atoms with Crippen LogP contribution in [-0.4, -0.2) is 22.1 Å². The number of hydrogen-bond acceptors (Lipinski definition) is 3. The summed E-state index contributed by atoms with van der Waals surface area (Å²) >= 11 is 1.74. The van der Waals surface area contributed by atoms with Gasteiger partial charge in [-0.3, -0.25) is 4.79 Å². The van der Waals surface area contributed by atoms with Crippen molar-refractivity contribution < 1.29 is 9.53 Å². The Balaban J connectivity index is 1.79. The highest BCUT2D eigenvalue weighted by Crippen LogP contribution is 2.45. The van der Waals surface area contributed by atoms with Crippen LogP contribution < -0.4 is 10.1 Å². The molecule has 1 amide bonds. The molecular formula is C16H21NO2S. The second-order valence-electron chi connectivity index (χ2n) is 5.80. The van der Waals surface area contributed by atoms with E-state index in [9.17, 15) is 4.79 Å². The van der Waals surface area contributed by atoms with Gasteiger partial charge in [0.15, 0.2) is 0 Å². The Morgan fingerprint density at radius 1 is 1.30 bits per heavy atom. The van der Waals surface area contributed by atoms with Gasteiger partial charge in [-0.05, 0) is 51.7 Å². The van der Waals surface area contributed by atoms with Crippen LogP contribution >= 0.6 is 11.8 Å². The summed E-state index contributed by atoms with van der Waals surface area (Å²) in [6.07, 6.45) is 4.41. The number of nitrogens with one attached hydrogen (secondary N) is 1. The molecule has 1 aliphatic heterocycles. The average molecular weight is 291 g/mol. The summed E-state index contributed by atoms with van der Waals surface area (Å²) in [6, 6.07) is 8.16. The van der Waals surface area contributed by atoms with Gasteiger partial charge >= 0.3 is 0 Å². The summed E-state index contributed by atoms with van der Waals surface area (Å²) in [5.74, 6) is 1.05. The van der Waals surface area contributed by atoms with Gasteiger partial charge in [-0.15, -0.1) is 11.8 Å². The van der Waals surface area contributed by atoms with Crippen LogP contribution in [-0.2, 0) is 4.79 Å². The Kier molecular flexibility index (Phi) is 3.67. The van der Waals surface area contributed by atoms with Gasteiger partial charge in [0.05, 0.1) is 5.25 Å². The first-order valence-electron chi connectivity index (χ1n) is 7.32. The van der Waals surface area contributed by atoms with Gasteiger partial charge in [0.25, 0.3) is 0 Å². The lowest BCUT2D eigenvalue weighted by Gasteiger charge is -2.40. The number of ether oxygens (including phenoxy) is 1. The first kappa shape index (κ1) is 13.8. The molecule has 1 N–H and O–H groups in total. The fourth-order valence-electron chi connectivity index (χ4n) is 3.03. The topological polar surface area (TPSA) is 38.3 Å². The maximum atomic E-state index is 11.9. The Labute approximate surface area is 124 Å². The standard InChI is InChI=1S/C16H21NO2S/c1-11-6-8-13(9-7-11)19-14-5-3-4-10-16(14)17-15(18)12(2)20-16/h6-9,12,14H,3-5,10H2,1-2H3,(H,17,18). The van der Waals surface area contributed by atoms with E-state index in [1.54, 1.807) is 11.8 Å². The van der Waals surface area contributed by atoms with Gasteiger partial charge in [0.1, 0.15) is 16.7 Å². The summed E-state index contributed by atoms with van der Waals surface area (Å²) in [7, 11) is 0. The van der Waals surface area contributed by atoms with E-state index in [1.165, 1.54) is 12.0 Å². The number of rotatable bonds is 2. The van der Waals surface area contributed by atoms with Crippen molar-refractivity contribution >= 4 is 17.7 Å².